The van der Waals surface area contributed by atoms with E-state index < -0.39 is 6.04 Å². The van der Waals surface area contributed by atoms with Crippen molar-refractivity contribution >= 4 is 28.4 Å². The molecule has 0 saturated carbocycles. The van der Waals surface area contributed by atoms with Gasteiger partial charge in [-0.3, -0.25) is 14.7 Å². The molecule has 7 nitrogen and oxygen atoms in total. The second-order valence-corrected chi connectivity index (χ2v) is 7.46. The molecule has 2 amide bonds. The van der Waals surface area contributed by atoms with Crippen LogP contribution < -0.4 is 10.2 Å². The summed E-state index contributed by atoms with van der Waals surface area (Å²) >= 11 is 0. The van der Waals surface area contributed by atoms with Gasteiger partial charge in [-0.15, -0.1) is 0 Å². The van der Waals surface area contributed by atoms with Gasteiger partial charge >= 0.3 is 0 Å². The Hall–Kier alpha value is -3.42. The Labute approximate surface area is 173 Å². The highest BCUT2D eigenvalue weighted by molar-refractivity contribution is 6.05. The second-order valence-electron chi connectivity index (χ2n) is 7.46. The number of aromatic amines is 1. The van der Waals surface area contributed by atoms with E-state index in [-0.39, 0.29) is 23.3 Å². The lowest BCUT2D eigenvalue weighted by Crippen LogP contribution is -2.48. The fourth-order valence-electron chi connectivity index (χ4n) is 3.79. The topological polar surface area (TPSA) is 81.3 Å². The van der Waals surface area contributed by atoms with Crippen molar-refractivity contribution in [2.45, 2.75) is 19.4 Å². The minimum absolute atomic E-state index is 0.121. The molecule has 1 saturated heterocycles. The molecule has 30 heavy (non-hydrogen) atoms. The lowest BCUT2D eigenvalue weighted by atomic mass is 10.2. The Morgan fingerprint density at radius 1 is 1.07 bits per heavy atom. The van der Waals surface area contributed by atoms with Gasteiger partial charge < -0.3 is 15.1 Å². The minimum atomic E-state index is -0.662. The van der Waals surface area contributed by atoms with Crippen LogP contribution in [0, 0.1) is 5.82 Å². The number of halogens is 1. The predicted octanol–water partition coefficient (Wildman–Crippen LogP) is 2.56. The van der Waals surface area contributed by atoms with E-state index in [1.54, 1.807) is 24.0 Å². The zero-order valence-electron chi connectivity index (χ0n) is 16.8. The van der Waals surface area contributed by atoms with E-state index >= 15 is 0 Å². The zero-order chi connectivity index (χ0) is 21.1. The van der Waals surface area contributed by atoms with E-state index in [4.69, 9.17) is 0 Å². The average Bonchev–Trinajstić information content (AvgIpc) is 3.04. The van der Waals surface area contributed by atoms with Crippen LogP contribution in [0.15, 0.2) is 48.5 Å². The Balaban J connectivity index is 1.37. The molecule has 1 fully saturated rings. The van der Waals surface area contributed by atoms with Crippen molar-refractivity contribution in [1.29, 1.82) is 0 Å². The molecule has 0 aliphatic carbocycles. The predicted molar refractivity (Wildman–Crippen MR) is 113 cm³/mol. The molecule has 0 spiro atoms. The van der Waals surface area contributed by atoms with Crippen LogP contribution in [0.3, 0.4) is 0 Å². The molecule has 2 heterocycles. The van der Waals surface area contributed by atoms with Gasteiger partial charge in [0.25, 0.3) is 5.91 Å². The van der Waals surface area contributed by atoms with Gasteiger partial charge in [-0.1, -0.05) is 18.2 Å². The third kappa shape index (κ3) is 4.12. The number of anilines is 1. The summed E-state index contributed by atoms with van der Waals surface area (Å²) in [5.41, 5.74) is 2.00. The maximum absolute atomic E-state index is 13.2. The van der Waals surface area contributed by atoms with Gasteiger partial charge in [0.15, 0.2) is 5.69 Å². The Bertz CT molecular complexity index is 1050. The number of nitrogens with zero attached hydrogens (tertiary/aromatic N) is 3. The molecule has 2 N–H and O–H groups in total. The van der Waals surface area contributed by atoms with E-state index in [1.807, 2.05) is 24.3 Å². The molecule has 3 aromatic rings. The number of hydrogen-bond acceptors (Lipinski definition) is 4. The molecule has 156 valence electrons. The monoisotopic (exact) mass is 409 g/mol. The van der Waals surface area contributed by atoms with Crippen LogP contribution in [-0.4, -0.2) is 59.1 Å². The van der Waals surface area contributed by atoms with Crippen LogP contribution in [0.1, 0.15) is 23.8 Å². The zero-order valence-corrected chi connectivity index (χ0v) is 16.8. The molecule has 1 aromatic heterocycles. The van der Waals surface area contributed by atoms with E-state index in [0.29, 0.717) is 19.6 Å². The number of fused-ring (bicyclic) bond motifs is 1. The van der Waals surface area contributed by atoms with Gasteiger partial charge in [-0.05, 0) is 43.7 Å². The number of rotatable bonds is 4. The van der Waals surface area contributed by atoms with Crippen molar-refractivity contribution < 1.29 is 14.0 Å². The third-order valence-corrected chi connectivity index (χ3v) is 5.40. The standard InChI is InChI=1S/C22H24FN5O2/c1-15(24-21(29)20-18-5-2-3-6-19(18)25-26-20)22(30)28-12-4-11-27(13-14-28)17-9-7-16(23)8-10-17/h2-3,5-10,15H,4,11-14H2,1H3,(H,24,29)(H,25,26). The summed E-state index contributed by atoms with van der Waals surface area (Å²) in [6.07, 6.45) is 0.799. The third-order valence-electron chi connectivity index (χ3n) is 5.40. The minimum Gasteiger partial charge on any atom is -0.370 e. The van der Waals surface area contributed by atoms with Gasteiger partial charge in [0.2, 0.25) is 5.91 Å². The van der Waals surface area contributed by atoms with Crippen LogP contribution in [-0.2, 0) is 4.79 Å². The molecule has 2 aromatic carbocycles. The highest BCUT2D eigenvalue weighted by atomic mass is 19.1. The van der Waals surface area contributed by atoms with Gasteiger partial charge in [0.05, 0.1) is 5.52 Å². The number of aromatic nitrogens is 2. The summed E-state index contributed by atoms with van der Waals surface area (Å²) < 4.78 is 13.2. The summed E-state index contributed by atoms with van der Waals surface area (Å²) in [5.74, 6) is -0.764. The normalized spacial score (nSPS) is 15.7. The number of carbonyl (C=O) groups is 2. The summed E-state index contributed by atoms with van der Waals surface area (Å²) in [4.78, 5) is 29.5. The fraction of sp³-hybridized carbons (Fsp3) is 0.318. The van der Waals surface area contributed by atoms with Crippen molar-refractivity contribution in [1.82, 2.24) is 20.4 Å². The van der Waals surface area contributed by atoms with E-state index in [9.17, 15) is 14.0 Å². The van der Waals surface area contributed by atoms with E-state index in [1.165, 1.54) is 12.1 Å². The fourth-order valence-corrected chi connectivity index (χ4v) is 3.79. The van der Waals surface area contributed by atoms with Crippen LogP contribution in [0.4, 0.5) is 10.1 Å². The molecule has 8 heteroatoms. The lowest BCUT2D eigenvalue weighted by molar-refractivity contribution is -0.132. The molecule has 1 aliphatic heterocycles. The maximum Gasteiger partial charge on any atom is 0.273 e. The first-order valence-electron chi connectivity index (χ1n) is 10.1. The highest BCUT2D eigenvalue weighted by Crippen LogP contribution is 2.18. The number of H-pyrrole nitrogens is 1. The van der Waals surface area contributed by atoms with Crippen molar-refractivity contribution in [3.05, 3.63) is 60.0 Å². The number of amides is 2. The summed E-state index contributed by atoms with van der Waals surface area (Å²) in [6.45, 7) is 4.29. The SMILES string of the molecule is CC(NC(=O)c1n[nH]c2ccccc12)C(=O)N1CCCN(c2ccc(F)cc2)CC1. The van der Waals surface area contributed by atoms with Gasteiger partial charge in [0, 0.05) is 37.3 Å². The largest absolute Gasteiger partial charge is 0.370 e. The van der Waals surface area contributed by atoms with Crippen molar-refractivity contribution in [3.8, 4) is 0 Å². The smallest absolute Gasteiger partial charge is 0.273 e. The van der Waals surface area contributed by atoms with Gasteiger partial charge in [-0.25, -0.2) is 4.39 Å². The Morgan fingerprint density at radius 3 is 2.63 bits per heavy atom. The second kappa shape index (κ2) is 8.52. The van der Waals surface area contributed by atoms with Gasteiger partial charge in [-0.2, -0.15) is 5.10 Å². The summed E-state index contributed by atoms with van der Waals surface area (Å²) in [5, 5.41) is 10.4. The molecule has 0 bridgehead atoms. The maximum atomic E-state index is 13.2. The Kier molecular flexibility index (Phi) is 5.65. The molecular formula is C22H24FN5O2. The van der Waals surface area contributed by atoms with E-state index in [2.05, 4.69) is 20.4 Å². The van der Waals surface area contributed by atoms with Gasteiger partial charge in [0.1, 0.15) is 11.9 Å². The highest BCUT2D eigenvalue weighted by Gasteiger charge is 2.26. The van der Waals surface area contributed by atoms with Crippen LogP contribution in [0.5, 0.6) is 0 Å². The molecule has 1 unspecified atom stereocenters. The Morgan fingerprint density at radius 2 is 1.83 bits per heavy atom. The molecule has 1 atom stereocenters. The van der Waals surface area contributed by atoms with Crippen LogP contribution in [0.25, 0.3) is 10.9 Å². The lowest BCUT2D eigenvalue weighted by Gasteiger charge is -2.25. The number of nitrogens with one attached hydrogen (secondary N) is 2. The van der Waals surface area contributed by atoms with Crippen LogP contribution >= 0.6 is 0 Å². The molecule has 1 aliphatic rings. The number of para-hydroxylation sites is 1. The van der Waals surface area contributed by atoms with Crippen molar-refractivity contribution in [2.24, 2.45) is 0 Å². The number of hydrogen-bond donors (Lipinski definition) is 2. The summed E-state index contributed by atoms with van der Waals surface area (Å²) in [6, 6.07) is 13.1. The first-order valence-corrected chi connectivity index (χ1v) is 10.1. The van der Waals surface area contributed by atoms with Crippen LogP contribution in [0.2, 0.25) is 0 Å². The van der Waals surface area contributed by atoms with Crippen molar-refractivity contribution in [2.75, 3.05) is 31.1 Å². The quantitative estimate of drug-likeness (QED) is 0.694. The van der Waals surface area contributed by atoms with E-state index in [0.717, 1.165) is 29.6 Å². The number of carbonyl (C=O) groups excluding carboxylic acids is 2. The first-order chi connectivity index (χ1) is 14.5. The summed E-state index contributed by atoms with van der Waals surface area (Å²) in [7, 11) is 0. The number of benzene rings is 2. The molecular weight excluding hydrogens is 385 g/mol. The molecule has 0 radical (unpaired) electrons. The first kappa shape index (κ1) is 19.9. The average molecular weight is 409 g/mol. The van der Waals surface area contributed by atoms with Crippen molar-refractivity contribution in [3.63, 3.8) is 0 Å². The molecule has 4 rings (SSSR count).